The lowest BCUT2D eigenvalue weighted by molar-refractivity contribution is 0.172. The van der Waals surface area contributed by atoms with E-state index >= 15 is 0 Å². The fraction of sp³-hybridized carbons (Fsp3) is 0.632. The van der Waals surface area contributed by atoms with Crippen molar-refractivity contribution in [1.29, 1.82) is 0 Å². The van der Waals surface area contributed by atoms with E-state index in [0.717, 1.165) is 36.8 Å². The standard InChI is InChI=1S/C19H33N3O2.HI/c1-6-20-19(21-13-15(2)3)22-14-17-9-8-16(4)12-18(17)24-11-7-10-23-5;/h8-9,12,15H,6-7,10-11,13-14H2,1-5H3,(H2,20,21,22);1H. The van der Waals surface area contributed by atoms with E-state index < -0.39 is 0 Å². The molecule has 0 unspecified atom stereocenters. The lowest BCUT2D eigenvalue weighted by Crippen LogP contribution is -2.39. The Bertz CT molecular complexity index is 507. The SMILES string of the molecule is CCNC(=NCc1ccc(C)cc1OCCCOC)NCC(C)C.I. The summed E-state index contributed by atoms with van der Waals surface area (Å²) in [6, 6.07) is 6.27. The molecule has 0 radical (unpaired) electrons. The highest BCUT2D eigenvalue weighted by Crippen LogP contribution is 2.21. The van der Waals surface area contributed by atoms with Crippen molar-refractivity contribution < 1.29 is 9.47 Å². The van der Waals surface area contributed by atoms with E-state index in [-0.39, 0.29) is 24.0 Å². The topological polar surface area (TPSA) is 54.9 Å². The van der Waals surface area contributed by atoms with Gasteiger partial charge in [-0.3, -0.25) is 0 Å². The van der Waals surface area contributed by atoms with Crippen LogP contribution in [-0.4, -0.2) is 39.4 Å². The molecule has 0 aliphatic heterocycles. The number of nitrogens with one attached hydrogen (secondary N) is 2. The highest BCUT2D eigenvalue weighted by atomic mass is 127. The lowest BCUT2D eigenvalue weighted by Gasteiger charge is -2.14. The van der Waals surface area contributed by atoms with E-state index in [4.69, 9.17) is 9.47 Å². The first kappa shape index (κ1) is 24.0. The molecule has 0 amide bonds. The molecule has 144 valence electrons. The predicted octanol–water partition coefficient (Wildman–Crippen LogP) is 3.74. The molecule has 1 aromatic rings. The lowest BCUT2D eigenvalue weighted by atomic mass is 10.1. The van der Waals surface area contributed by atoms with Gasteiger partial charge in [0.25, 0.3) is 0 Å². The predicted molar refractivity (Wildman–Crippen MR) is 116 cm³/mol. The van der Waals surface area contributed by atoms with Gasteiger partial charge in [-0.15, -0.1) is 24.0 Å². The van der Waals surface area contributed by atoms with Crippen LogP contribution in [0.15, 0.2) is 23.2 Å². The number of halogens is 1. The number of guanidine groups is 1. The van der Waals surface area contributed by atoms with Gasteiger partial charge in [-0.2, -0.15) is 0 Å². The second-order valence-corrected chi connectivity index (χ2v) is 6.28. The average Bonchev–Trinajstić information content (AvgIpc) is 2.55. The molecule has 0 bridgehead atoms. The summed E-state index contributed by atoms with van der Waals surface area (Å²) in [5, 5.41) is 6.64. The molecule has 6 heteroatoms. The van der Waals surface area contributed by atoms with E-state index in [1.165, 1.54) is 5.56 Å². The van der Waals surface area contributed by atoms with Crippen LogP contribution in [0.1, 0.15) is 38.3 Å². The van der Waals surface area contributed by atoms with Gasteiger partial charge >= 0.3 is 0 Å². The molecular formula is C19H34IN3O2. The summed E-state index contributed by atoms with van der Waals surface area (Å²) < 4.78 is 11.0. The van der Waals surface area contributed by atoms with Crippen molar-refractivity contribution in [2.24, 2.45) is 10.9 Å². The van der Waals surface area contributed by atoms with Gasteiger partial charge in [0.15, 0.2) is 5.96 Å². The molecule has 0 saturated carbocycles. The number of aliphatic imine (C=N–C) groups is 1. The molecule has 0 fully saturated rings. The first-order valence-electron chi connectivity index (χ1n) is 8.80. The van der Waals surface area contributed by atoms with Gasteiger partial charge in [0.2, 0.25) is 0 Å². The number of nitrogens with zero attached hydrogens (tertiary/aromatic N) is 1. The third-order valence-corrected chi connectivity index (χ3v) is 3.40. The van der Waals surface area contributed by atoms with Crippen LogP contribution >= 0.6 is 24.0 Å². The highest BCUT2D eigenvalue weighted by Gasteiger charge is 2.05. The first-order valence-corrected chi connectivity index (χ1v) is 8.80. The van der Waals surface area contributed by atoms with Gasteiger partial charge in [-0.25, -0.2) is 4.99 Å². The molecule has 0 atom stereocenters. The third kappa shape index (κ3) is 10.5. The van der Waals surface area contributed by atoms with E-state index in [9.17, 15) is 0 Å². The van der Waals surface area contributed by atoms with Gasteiger partial charge in [-0.1, -0.05) is 26.0 Å². The minimum Gasteiger partial charge on any atom is -0.493 e. The summed E-state index contributed by atoms with van der Waals surface area (Å²) in [6.07, 6.45) is 0.881. The minimum absolute atomic E-state index is 0. The van der Waals surface area contributed by atoms with Crippen LogP contribution in [0.25, 0.3) is 0 Å². The monoisotopic (exact) mass is 463 g/mol. The Morgan fingerprint density at radius 3 is 2.60 bits per heavy atom. The van der Waals surface area contributed by atoms with Gasteiger partial charge < -0.3 is 20.1 Å². The van der Waals surface area contributed by atoms with Crippen LogP contribution in [0.4, 0.5) is 0 Å². The van der Waals surface area contributed by atoms with Gasteiger partial charge in [0.05, 0.1) is 13.2 Å². The summed E-state index contributed by atoms with van der Waals surface area (Å²) >= 11 is 0. The second-order valence-electron chi connectivity index (χ2n) is 6.28. The molecule has 0 aromatic heterocycles. The van der Waals surface area contributed by atoms with E-state index in [1.807, 2.05) is 0 Å². The fourth-order valence-corrected chi connectivity index (χ4v) is 2.12. The number of methoxy groups -OCH3 is 1. The van der Waals surface area contributed by atoms with Crippen molar-refractivity contribution in [2.75, 3.05) is 33.4 Å². The third-order valence-electron chi connectivity index (χ3n) is 3.40. The summed E-state index contributed by atoms with van der Waals surface area (Å²) in [6.45, 7) is 12.2. The largest absolute Gasteiger partial charge is 0.493 e. The van der Waals surface area contributed by atoms with Crippen molar-refractivity contribution in [3.8, 4) is 5.75 Å². The van der Waals surface area contributed by atoms with Crippen molar-refractivity contribution in [1.82, 2.24) is 10.6 Å². The quantitative estimate of drug-likeness (QED) is 0.240. The van der Waals surface area contributed by atoms with Crippen molar-refractivity contribution in [3.05, 3.63) is 29.3 Å². The molecular weight excluding hydrogens is 429 g/mol. The zero-order valence-electron chi connectivity index (χ0n) is 16.2. The van der Waals surface area contributed by atoms with Crippen LogP contribution in [0.2, 0.25) is 0 Å². The fourth-order valence-electron chi connectivity index (χ4n) is 2.12. The molecule has 25 heavy (non-hydrogen) atoms. The zero-order valence-corrected chi connectivity index (χ0v) is 18.6. The van der Waals surface area contributed by atoms with Crippen molar-refractivity contribution in [3.63, 3.8) is 0 Å². The molecule has 0 aliphatic carbocycles. The molecule has 0 aliphatic rings. The molecule has 2 N–H and O–H groups in total. The maximum Gasteiger partial charge on any atom is 0.191 e. The van der Waals surface area contributed by atoms with Crippen LogP contribution < -0.4 is 15.4 Å². The van der Waals surface area contributed by atoms with Gasteiger partial charge in [0, 0.05) is 38.8 Å². The van der Waals surface area contributed by atoms with E-state index in [0.29, 0.717) is 25.7 Å². The number of ether oxygens (including phenoxy) is 2. The molecule has 1 rings (SSSR count). The molecule has 0 saturated heterocycles. The Labute approximate surface area is 170 Å². The van der Waals surface area contributed by atoms with Crippen LogP contribution in [0, 0.1) is 12.8 Å². The van der Waals surface area contributed by atoms with Crippen LogP contribution in [-0.2, 0) is 11.3 Å². The van der Waals surface area contributed by atoms with Crippen molar-refractivity contribution in [2.45, 2.75) is 40.7 Å². The highest BCUT2D eigenvalue weighted by molar-refractivity contribution is 14.0. The summed E-state index contributed by atoms with van der Waals surface area (Å²) in [7, 11) is 1.71. The van der Waals surface area contributed by atoms with Crippen LogP contribution in [0.5, 0.6) is 5.75 Å². The number of rotatable bonds is 10. The molecule has 5 nitrogen and oxygen atoms in total. The van der Waals surface area contributed by atoms with E-state index in [1.54, 1.807) is 7.11 Å². The Morgan fingerprint density at radius 1 is 1.20 bits per heavy atom. The summed E-state index contributed by atoms with van der Waals surface area (Å²) in [4.78, 5) is 4.68. The molecule has 0 heterocycles. The second kappa shape index (κ2) is 14.2. The summed E-state index contributed by atoms with van der Waals surface area (Å²) in [5.41, 5.74) is 2.29. The number of hydrogen-bond donors (Lipinski definition) is 2. The smallest absolute Gasteiger partial charge is 0.191 e. The maximum atomic E-state index is 5.92. The Hall–Kier alpha value is -1.02. The molecule has 0 spiro atoms. The van der Waals surface area contributed by atoms with Gasteiger partial charge in [0.1, 0.15) is 5.75 Å². The van der Waals surface area contributed by atoms with E-state index in [2.05, 4.69) is 61.5 Å². The molecule has 1 aromatic carbocycles. The average molecular weight is 463 g/mol. The number of benzene rings is 1. The number of aryl methyl sites for hydroxylation is 1. The normalized spacial score (nSPS) is 11.2. The minimum atomic E-state index is 0. The zero-order chi connectivity index (χ0) is 17.8. The Morgan fingerprint density at radius 2 is 1.96 bits per heavy atom. The van der Waals surface area contributed by atoms with Crippen molar-refractivity contribution >= 4 is 29.9 Å². The van der Waals surface area contributed by atoms with Gasteiger partial charge in [-0.05, 0) is 31.4 Å². The Balaban J connectivity index is 0.00000576. The maximum absolute atomic E-state index is 5.92. The van der Waals surface area contributed by atoms with Crippen LogP contribution in [0.3, 0.4) is 0 Å². The number of hydrogen-bond acceptors (Lipinski definition) is 3. The first-order chi connectivity index (χ1) is 11.6. The Kier molecular flexibility index (Phi) is 13.6. The summed E-state index contributed by atoms with van der Waals surface area (Å²) in [5.74, 6) is 2.33.